The summed E-state index contributed by atoms with van der Waals surface area (Å²) in [4.78, 5) is 23.3. The minimum atomic E-state index is -1.00. The third-order valence-corrected chi connectivity index (χ3v) is 3.27. The highest BCUT2D eigenvalue weighted by Gasteiger charge is 2.39. The molecule has 19 heavy (non-hydrogen) atoms. The van der Waals surface area contributed by atoms with Crippen LogP contribution in [-0.4, -0.2) is 41.8 Å². The summed E-state index contributed by atoms with van der Waals surface area (Å²) < 4.78 is 5.17. The maximum atomic E-state index is 11.3. The van der Waals surface area contributed by atoms with Gasteiger partial charge in [0.05, 0.1) is 11.0 Å². The summed E-state index contributed by atoms with van der Waals surface area (Å²) in [5.41, 5.74) is 0.227. The highest BCUT2D eigenvalue weighted by molar-refractivity contribution is 5.81. The fourth-order valence-corrected chi connectivity index (χ4v) is 2.33. The number of hydrogen-bond donors (Lipinski definition) is 1. The van der Waals surface area contributed by atoms with Crippen LogP contribution in [0.2, 0.25) is 0 Å². The van der Waals surface area contributed by atoms with Gasteiger partial charge in [-0.2, -0.15) is 0 Å². The molecule has 0 aliphatic carbocycles. The Morgan fingerprint density at radius 1 is 1.53 bits per heavy atom. The lowest BCUT2D eigenvalue weighted by Gasteiger charge is -2.22. The van der Waals surface area contributed by atoms with Gasteiger partial charge in [0.2, 0.25) is 0 Å². The number of carboxylic acid groups (broad SMARTS) is 1. The van der Waals surface area contributed by atoms with Crippen LogP contribution in [0.25, 0.3) is 0 Å². The molecule has 0 aromatic heterocycles. The number of nitro groups is 1. The fourth-order valence-electron chi connectivity index (χ4n) is 2.33. The van der Waals surface area contributed by atoms with Gasteiger partial charge < -0.3 is 14.7 Å². The summed E-state index contributed by atoms with van der Waals surface area (Å²) >= 11 is 0. The summed E-state index contributed by atoms with van der Waals surface area (Å²) in [5, 5.41) is 20.2. The van der Waals surface area contributed by atoms with E-state index >= 15 is 0 Å². The molecule has 1 aliphatic heterocycles. The average molecular weight is 266 g/mol. The highest BCUT2D eigenvalue weighted by atomic mass is 16.6. The van der Waals surface area contributed by atoms with Crippen LogP contribution in [0.15, 0.2) is 24.3 Å². The first-order chi connectivity index (χ1) is 9.04. The molecule has 1 aliphatic rings. The third-order valence-electron chi connectivity index (χ3n) is 3.27. The quantitative estimate of drug-likeness (QED) is 0.651. The molecule has 2 rings (SSSR count). The Kier molecular flexibility index (Phi) is 3.66. The van der Waals surface area contributed by atoms with Crippen LogP contribution in [-0.2, 0) is 9.53 Å². The molecule has 1 aromatic carbocycles. The first-order valence-electron chi connectivity index (χ1n) is 5.80. The van der Waals surface area contributed by atoms with Gasteiger partial charge in [-0.25, -0.2) is 4.79 Å². The summed E-state index contributed by atoms with van der Waals surface area (Å²) in [6, 6.07) is 5.34. The molecule has 0 radical (unpaired) electrons. The van der Waals surface area contributed by atoms with E-state index < -0.39 is 16.9 Å². The van der Waals surface area contributed by atoms with E-state index in [1.54, 1.807) is 18.2 Å². The SMILES string of the molecule is CO[C@@H]1C[C@H](C(=O)O)N(c2ccccc2[N+](=O)[O-])C1. The summed E-state index contributed by atoms with van der Waals surface area (Å²) in [6.45, 7) is 0.332. The largest absolute Gasteiger partial charge is 0.480 e. The van der Waals surface area contributed by atoms with Crippen molar-refractivity contribution in [1.82, 2.24) is 0 Å². The monoisotopic (exact) mass is 266 g/mol. The van der Waals surface area contributed by atoms with Gasteiger partial charge in [0, 0.05) is 26.1 Å². The van der Waals surface area contributed by atoms with Gasteiger partial charge in [0.1, 0.15) is 11.7 Å². The molecule has 2 atom stereocenters. The molecule has 1 fully saturated rings. The molecular formula is C12H14N2O5. The highest BCUT2D eigenvalue weighted by Crippen LogP contribution is 2.34. The first kappa shape index (κ1) is 13.3. The van der Waals surface area contributed by atoms with Crippen LogP contribution in [0, 0.1) is 10.1 Å². The molecule has 1 N–H and O–H groups in total. The number of aliphatic carboxylic acids is 1. The van der Waals surface area contributed by atoms with E-state index in [-0.39, 0.29) is 11.8 Å². The second kappa shape index (κ2) is 5.23. The Hall–Kier alpha value is -2.15. The molecule has 1 heterocycles. The smallest absolute Gasteiger partial charge is 0.326 e. The molecule has 0 bridgehead atoms. The topological polar surface area (TPSA) is 92.9 Å². The van der Waals surface area contributed by atoms with Gasteiger partial charge in [0.25, 0.3) is 5.69 Å². The number of carboxylic acids is 1. The van der Waals surface area contributed by atoms with Crippen LogP contribution >= 0.6 is 0 Å². The maximum absolute atomic E-state index is 11.3. The van der Waals surface area contributed by atoms with E-state index in [2.05, 4.69) is 0 Å². The summed E-state index contributed by atoms with van der Waals surface area (Å²) in [6.07, 6.45) is 0.0821. The van der Waals surface area contributed by atoms with E-state index in [9.17, 15) is 20.0 Å². The third kappa shape index (κ3) is 2.50. The van der Waals surface area contributed by atoms with Gasteiger partial charge in [-0.15, -0.1) is 0 Å². The number of anilines is 1. The second-order valence-electron chi connectivity index (χ2n) is 4.35. The van der Waals surface area contributed by atoms with Gasteiger partial charge in [0.15, 0.2) is 0 Å². The number of nitro benzene ring substituents is 1. The molecule has 0 spiro atoms. The van der Waals surface area contributed by atoms with Crippen molar-refractivity contribution >= 4 is 17.3 Å². The lowest BCUT2D eigenvalue weighted by atomic mass is 10.2. The Balaban J connectivity index is 2.39. The van der Waals surface area contributed by atoms with E-state index in [4.69, 9.17) is 4.74 Å². The number of nitrogens with zero attached hydrogens (tertiary/aromatic N) is 2. The maximum Gasteiger partial charge on any atom is 0.326 e. The zero-order chi connectivity index (χ0) is 14.0. The number of methoxy groups -OCH3 is 1. The average Bonchev–Trinajstić information content (AvgIpc) is 2.83. The number of para-hydroxylation sites is 2. The van der Waals surface area contributed by atoms with Gasteiger partial charge in [-0.1, -0.05) is 12.1 Å². The zero-order valence-corrected chi connectivity index (χ0v) is 10.4. The lowest BCUT2D eigenvalue weighted by Crippen LogP contribution is -2.36. The van der Waals surface area contributed by atoms with Crippen LogP contribution in [0.1, 0.15) is 6.42 Å². The lowest BCUT2D eigenvalue weighted by molar-refractivity contribution is -0.384. The van der Waals surface area contributed by atoms with Gasteiger partial charge >= 0.3 is 5.97 Å². The minimum Gasteiger partial charge on any atom is -0.480 e. The molecule has 102 valence electrons. The Morgan fingerprint density at radius 3 is 2.79 bits per heavy atom. The predicted molar refractivity (Wildman–Crippen MR) is 67.3 cm³/mol. The van der Waals surface area contributed by atoms with Crippen molar-refractivity contribution in [2.45, 2.75) is 18.6 Å². The Labute approximate surface area is 109 Å². The molecule has 7 heteroatoms. The van der Waals surface area contributed by atoms with E-state index in [1.165, 1.54) is 18.1 Å². The molecule has 7 nitrogen and oxygen atoms in total. The summed E-state index contributed by atoms with van der Waals surface area (Å²) in [5.74, 6) is -1.00. The Morgan fingerprint density at radius 2 is 2.21 bits per heavy atom. The number of benzene rings is 1. The van der Waals surface area contributed by atoms with Crippen LogP contribution in [0.5, 0.6) is 0 Å². The van der Waals surface area contributed by atoms with E-state index in [0.29, 0.717) is 18.7 Å². The molecule has 0 saturated carbocycles. The van der Waals surface area contributed by atoms with Crippen molar-refractivity contribution in [3.05, 3.63) is 34.4 Å². The van der Waals surface area contributed by atoms with Gasteiger partial charge in [-0.3, -0.25) is 10.1 Å². The predicted octanol–water partition coefficient (Wildman–Crippen LogP) is 1.27. The van der Waals surface area contributed by atoms with Crippen molar-refractivity contribution in [3.8, 4) is 0 Å². The summed E-state index contributed by atoms with van der Waals surface area (Å²) in [7, 11) is 1.51. The van der Waals surface area contributed by atoms with Gasteiger partial charge in [-0.05, 0) is 6.07 Å². The molecular weight excluding hydrogens is 252 g/mol. The van der Waals surface area contributed by atoms with E-state index in [0.717, 1.165) is 0 Å². The number of ether oxygens (including phenoxy) is 1. The molecule has 1 saturated heterocycles. The fraction of sp³-hybridized carbons (Fsp3) is 0.417. The van der Waals surface area contributed by atoms with Crippen LogP contribution in [0.3, 0.4) is 0 Å². The molecule has 0 unspecified atom stereocenters. The molecule has 0 amide bonds. The number of rotatable bonds is 4. The zero-order valence-electron chi connectivity index (χ0n) is 10.4. The number of hydrogen-bond acceptors (Lipinski definition) is 5. The van der Waals surface area contributed by atoms with Crippen LogP contribution < -0.4 is 4.90 Å². The second-order valence-corrected chi connectivity index (χ2v) is 4.35. The normalized spacial score (nSPS) is 22.5. The van der Waals surface area contributed by atoms with E-state index in [1.807, 2.05) is 0 Å². The van der Waals surface area contributed by atoms with Crippen molar-refractivity contribution in [2.75, 3.05) is 18.6 Å². The molecule has 1 aromatic rings. The van der Waals surface area contributed by atoms with Crippen molar-refractivity contribution < 1.29 is 19.6 Å². The first-order valence-corrected chi connectivity index (χ1v) is 5.80. The number of carbonyl (C=O) groups is 1. The minimum absolute atomic E-state index is 0.0921. The Bertz CT molecular complexity index is 505. The van der Waals surface area contributed by atoms with Crippen LogP contribution in [0.4, 0.5) is 11.4 Å². The van der Waals surface area contributed by atoms with Crippen molar-refractivity contribution in [3.63, 3.8) is 0 Å². The van der Waals surface area contributed by atoms with Crippen molar-refractivity contribution in [1.29, 1.82) is 0 Å². The van der Waals surface area contributed by atoms with Crippen molar-refractivity contribution in [2.24, 2.45) is 0 Å². The standard InChI is InChI=1S/C12H14N2O5/c1-19-8-6-11(12(15)16)13(7-8)9-4-2-3-5-10(9)14(17)18/h2-5,8,11H,6-7H2,1H3,(H,15,16)/t8-,11-/m1/s1.